The maximum absolute atomic E-state index is 12.2. The second-order valence-electron chi connectivity index (χ2n) is 10.7. The quantitative estimate of drug-likeness (QED) is 0.315. The van der Waals surface area contributed by atoms with E-state index in [0.717, 1.165) is 37.5 Å². The van der Waals surface area contributed by atoms with E-state index in [1.807, 2.05) is 6.08 Å². The Hall–Kier alpha value is -1.38. The average Bonchev–Trinajstić information content (AvgIpc) is 3.00. The number of carbonyl (C=O) groups excluding carboxylic acids is 2. The molecule has 4 aliphatic rings. The summed E-state index contributed by atoms with van der Waals surface area (Å²) in [4.78, 5) is 23.1. The molecule has 0 aromatic rings. The average molecular weight is 399 g/mol. The normalized spacial score (nSPS) is 38.8. The van der Waals surface area contributed by atoms with Crippen molar-refractivity contribution in [3.8, 4) is 0 Å². The predicted molar refractivity (Wildman–Crippen MR) is 115 cm³/mol. The minimum Gasteiger partial charge on any atom is -0.466 e. The first-order valence-corrected chi connectivity index (χ1v) is 11.9. The molecule has 3 nitrogen and oxygen atoms in total. The summed E-state index contributed by atoms with van der Waals surface area (Å²) in [7, 11) is 0. The summed E-state index contributed by atoms with van der Waals surface area (Å²) < 4.78 is 5.12. The molecule has 4 rings (SSSR count). The van der Waals surface area contributed by atoms with E-state index >= 15 is 0 Å². The number of allylic oxidation sites excluding steroid dienone is 4. The van der Waals surface area contributed by atoms with Crippen LogP contribution in [0.2, 0.25) is 0 Å². The van der Waals surface area contributed by atoms with Crippen molar-refractivity contribution in [1.82, 2.24) is 0 Å². The minimum absolute atomic E-state index is 0.168. The number of esters is 1. The van der Waals surface area contributed by atoms with E-state index in [0.29, 0.717) is 23.7 Å². The number of unbranched alkanes of at least 4 members (excludes halogenated alkanes) is 1. The molecule has 0 saturated heterocycles. The zero-order valence-corrected chi connectivity index (χ0v) is 18.8. The number of carbonyl (C=O) groups is 2. The highest BCUT2D eigenvalue weighted by atomic mass is 16.5. The number of fused-ring (bicyclic) bond motifs is 4. The van der Waals surface area contributed by atoms with Gasteiger partial charge in [-0.3, -0.25) is 9.59 Å². The fraction of sp³-hybridized carbons (Fsp3) is 0.769. The van der Waals surface area contributed by atoms with Gasteiger partial charge in [0.25, 0.3) is 0 Å². The molecule has 1 fully saturated rings. The van der Waals surface area contributed by atoms with Crippen LogP contribution in [0, 0.1) is 28.6 Å². The molecule has 1 saturated carbocycles. The molecule has 0 aromatic carbocycles. The smallest absolute Gasteiger partial charge is 0.302 e. The summed E-state index contributed by atoms with van der Waals surface area (Å²) in [6.45, 7) is 9.33. The number of hydrogen-bond donors (Lipinski definition) is 0. The van der Waals surface area contributed by atoms with E-state index in [9.17, 15) is 9.59 Å². The third kappa shape index (κ3) is 3.53. The van der Waals surface area contributed by atoms with Crippen LogP contribution in [0.1, 0.15) is 91.9 Å². The summed E-state index contributed by atoms with van der Waals surface area (Å²) in [5.41, 5.74) is 5.60. The number of ether oxygens (including phenoxy) is 1. The Labute approximate surface area is 176 Å². The van der Waals surface area contributed by atoms with Crippen molar-refractivity contribution in [2.75, 3.05) is 6.61 Å². The molecule has 160 valence electrons. The van der Waals surface area contributed by atoms with Crippen molar-refractivity contribution >= 4 is 11.8 Å². The van der Waals surface area contributed by atoms with Crippen LogP contribution in [-0.2, 0) is 14.3 Å². The zero-order chi connectivity index (χ0) is 20.8. The highest BCUT2D eigenvalue weighted by Gasteiger charge is 2.54. The maximum atomic E-state index is 12.2. The van der Waals surface area contributed by atoms with Crippen LogP contribution in [0.25, 0.3) is 0 Å². The van der Waals surface area contributed by atoms with Gasteiger partial charge in [0.05, 0.1) is 6.61 Å². The Kier molecular flexibility index (Phi) is 5.55. The van der Waals surface area contributed by atoms with Crippen molar-refractivity contribution in [2.24, 2.45) is 28.6 Å². The lowest BCUT2D eigenvalue weighted by atomic mass is 9.49. The lowest BCUT2D eigenvalue weighted by molar-refractivity contribution is -0.141. The highest BCUT2D eigenvalue weighted by Crippen LogP contribution is 2.64. The van der Waals surface area contributed by atoms with E-state index in [4.69, 9.17) is 4.74 Å². The summed E-state index contributed by atoms with van der Waals surface area (Å²) in [6.07, 6.45) is 13.5. The molecule has 3 heteroatoms. The fourth-order valence-electron chi connectivity index (χ4n) is 7.41. The molecule has 0 heterocycles. The van der Waals surface area contributed by atoms with Crippen LogP contribution in [0.15, 0.2) is 22.8 Å². The lowest BCUT2D eigenvalue weighted by Crippen LogP contribution is -2.47. The van der Waals surface area contributed by atoms with Gasteiger partial charge >= 0.3 is 5.97 Å². The van der Waals surface area contributed by atoms with Crippen molar-refractivity contribution in [2.45, 2.75) is 91.9 Å². The molecule has 0 N–H and O–H groups in total. The zero-order valence-electron chi connectivity index (χ0n) is 18.8. The number of hydrogen-bond acceptors (Lipinski definition) is 3. The van der Waals surface area contributed by atoms with Crippen LogP contribution in [-0.4, -0.2) is 18.4 Å². The van der Waals surface area contributed by atoms with Gasteiger partial charge in [-0.25, -0.2) is 0 Å². The van der Waals surface area contributed by atoms with Crippen LogP contribution in [0.5, 0.6) is 0 Å². The van der Waals surface area contributed by atoms with Gasteiger partial charge in [0.15, 0.2) is 5.78 Å². The monoisotopic (exact) mass is 398 g/mol. The molecule has 0 radical (unpaired) electrons. The van der Waals surface area contributed by atoms with Crippen LogP contribution in [0.3, 0.4) is 0 Å². The SMILES string of the molecule is CC(=O)OCCCC[C@]1(C)CCC2=C1CC[C@H]1[C@H]2CCC2=CC(=O)C[C@H](C)[C@@]21C. The maximum Gasteiger partial charge on any atom is 0.302 e. The standard InChI is InChI=1S/C26H38O3/c1-17-15-20(28)16-19-7-8-21-22-11-13-25(3,12-5-6-14-29-18(2)27)23(22)9-10-24(21)26(17,19)4/h16-17,21,24H,5-15H2,1-4H3/t17-,21-,24-,25+,26-/m0/s1. The van der Waals surface area contributed by atoms with E-state index < -0.39 is 0 Å². The van der Waals surface area contributed by atoms with Crippen LogP contribution in [0.4, 0.5) is 0 Å². The molecular weight excluding hydrogens is 360 g/mol. The summed E-state index contributed by atoms with van der Waals surface area (Å²) in [5.74, 6) is 2.11. The molecule has 5 atom stereocenters. The largest absolute Gasteiger partial charge is 0.466 e. The molecule has 0 aliphatic heterocycles. The fourth-order valence-corrected chi connectivity index (χ4v) is 7.41. The molecule has 0 spiro atoms. The molecule has 0 bridgehead atoms. The van der Waals surface area contributed by atoms with Gasteiger partial charge in [-0.15, -0.1) is 0 Å². The lowest BCUT2D eigenvalue weighted by Gasteiger charge is -2.55. The number of rotatable bonds is 5. The molecule has 0 aromatic heterocycles. The van der Waals surface area contributed by atoms with Crippen molar-refractivity contribution < 1.29 is 14.3 Å². The first-order chi connectivity index (χ1) is 13.8. The van der Waals surface area contributed by atoms with Crippen molar-refractivity contribution in [3.63, 3.8) is 0 Å². The van der Waals surface area contributed by atoms with Gasteiger partial charge in [0.2, 0.25) is 0 Å². The first kappa shape index (κ1) is 20.9. The Bertz CT molecular complexity index is 760. The summed E-state index contributed by atoms with van der Waals surface area (Å²) >= 11 is 0. The second kappa shape index (κ2) is 7.71. The van der Waals surface area contributed by atoms with E-state index in [1.54, 1.807) is 11.1 Å². The Balaban J connectivity index is 1.50. The Morgan fingerprint density at radius 3 is 2.72 bits per heavy atom. The van der Waals surface area contributed by atoms with Crippen molar-refractivity contribution in [1.29, 1.82) is 0 Å². The molecular formula is C26H38O3. The van der Waals surface area contributed by atoms with Gasteiger partial charge < -0.3 is 4.74 Å². The first-order valence-electron chi connectivity index (χ1n) is 11.9. The van der Waals surface area contributed by atoms with Crippen LogP contribution < -0.4 is 0 Å². The van der Waals surface area contributed by atoms with E-state index in [1.165, 1.54) is 51.0 Å². The van der Waals surface area contributed by atoms with Gasteiger partial charge in [-0.2, -0.15) is 0 Å². The molecule has 29 heavy (non-hydrogen) atoms. The van der Waals surface area contributed by atoms with Gasteiger partial charge in [-0.05, 0) is 92.4 Å². The van der Waals surface area contributed by atoms with Crippen molar-refractivity contribution in [3.05, 3.63) is 22.8 Å². The minimum atomic E-state index is -0.168. The topological polar surface area (TPSA) is 43.4 Å². The summed E-state index contributed by atoms with van der Waals surface area (Å²) in [6, 6.07) is 0. The molecule has 4 aliphatic carbocycles. The molecule has 0 unspecified atom stereocenters. The highest BCUT2D eigenvalue weighted by molar-refractivity contribution is 5.92. The number of ketones is 1. The van der Waals surface area contributed by atoms with Gasteiger partial charge in [0, 0.05) is 13.3 Å². The Morgan fingerprint density at radius 2 is 1.97 bits per heavy atom. The summed E-state index contributed by atoms with van der Waals surface area (Å²) in [5, 5.41) is 0. The second-order valence-corrected chi connectivity index (χ2v) is 10.7. The van der Waals surface area contributed by atoms with Gasteiger partial charge in [-0.1, -0.05) is 37.5 Å². The van der Waals surface area contributed by atoms with E-state index in [2.05, 4.69) is 20.8 Å². The van der Waals surface area contributed by atoms with E-state index in [-0.39, 0.29) is 11.4 Å². The Morgan fingerprint density at radius 1 is 1.17 bits per heavy atom. The molecule has 0 amide bonds. The van der Waals surface area contributed by atoms with Crippen LogP contribution >= 0.6 is 0 Å². The third-order valence-electron chi connectivity index (χ3n) is 9.18. The van der Waals surface area contributed by atoms with Gasteiger partial charge in [0.1, 0.15) is 0 Å². The third-order valence-corrected chi connectivity index (χ3v) is 9.18. The predicted octanol–water partition coefficient (Wildman–Crippen LogP) is 6.18.